The third-order valence-electron chi connectivity index (χ3n) is 2.81. The Kier molecular flexibility index (Phi) is 5.72. The fraction of sp³-hybridized carbons (Fsp3) is 0.462. The van der Waals surface area contributed by atoms with Crippen LogP contribution < -0.4 is 4.72 Å². The Hall–Kier alpha value is -1.18. The minimum atomic E-state index is -4.15. The third-order valence-corrected chi connectivity index (χ3v) is 4.74. The van der Waals surface area contributed by atoms with Crippen molar-refractivity contribution in [3.63, 3.8) is 0 Å². The second kappa shape index (κ2) is 6.72. The lowest BCUT2D eigenvalue weighted by molar-refractivity contribution is -0.139. The molecule has 0 radical (unpaired) electrons. The van der Waals surface area contributed by atoms with Crippen LogP contribution in [-0.4, -0.2) is 25.5 Å². The summed E-state index contributed by atoms with van der Waals surface area (Å²) in [5, 5.41) is 8.79. The van der Waals surface area contributed by atoms with Gasteiger partial charge in [-0.1, -0.05) is 25.4 Å². The van der Waals surface area contributed by atoms with Crippen LogP contribution in [0.5, 0.6) is 0 Å². The highest BCUT2D eigenvalue weighted by atomic mass is 35.5. The predicted octanol–water partition coefficient (Wildman–Crippen LogP) is 2.57. The fourth-order valence-electron chi connectivity index (χ4n) is 1.76. The van der Waals surface area contributed by atoms with Gasteiger partial charge in [0.25, 0.3) is 0 Å². The number of sulfonamides is 1. The van der Waals surface area contributed by atoms with Gasteiger partial charge in [-0.05, 0) is 37.0 Å². The summed E-state index contributed by atoms with van der Waals surface area (Å²) < 4.78 is 39.9. The van der Waals surface area contributed by atoms with Gasteiger partial charge in [-0.15, -0.1) is 0 Å². The van der Waals surface area contributed by atoms with Crippen molar-refractivity contribution in [2.24, 2.45) is 5.92 Å². The van der Waals surface area contributed by atoms with Crippen molar-refractivity contribution in [3.8, 4) is 0 Å². The van der Waals surface area contributed by atoms with E-state index in [1.54, 1.807) is 13.8 Å². The van der Waals surface area contributed by atoms with Crippen molar-refractivity contribution in [1.29, 1.82) is 0 Å². The molecular weight excluding hydrogens is 321 g/mol. The molecule has 5 nitrogen and oxygen atoms in total. The van der Waals surface area contributed by atoms with E-state index in [4.69, 9.17) is 16.7 Å². The molecule has 0 bridgehead atoms. The molecule has 1 rings (SSSR count). The Morgan fingerprint density at radius 1 is 1.43 bits per heavy atom. The van der Waals surface area contributed by atoms with Gasteiger partial charge in [-0.25, -0.2) is 12.8 Å². The number of halogens is 2. The summed E-state index contributed by atoms with van der Waals surface area (Å²) in [4.78, 5) is 10.8. The van der Waals surface area contributed by atoms with Gasteiger partial charge in [0.05, 0.1) is 5.02 Å². The van der Waals surface area contributed by atoms with Gasteiger partial charge in [0.15, 0.2) is 0 Å². The van der Waals surface area contributed by atoms with Gasteiger partial charge >= 0.3 is 5.97 Å². The highest BCUT2D eigenvalue weighted by molar-refractivity contribution is 7.89. The largest absolute Gasteiger partial charge is 0.480 e. The van der Waals surface area contributed by atoms with Gasteiger partial charge in [-0.2, -0.15) is 4.72 Å². The smallest absolute Gasteiger partial charge is 0.321 e. The number of nitrogens with one attached hydrogen (secondary N) is 1. The summed E-state index contributed by atoms with van der Waals surface area (Å²) in [6, 6.07) is 0.703. The van der Waals surface area contributed by atoms with Crippen molar-refractivity contribution >= 4 is 27.6 Å². The zero-order valence-corrected chi connectivity index (χ0v) is 13.4. The molecular formula is C13H17ClFNO4S. The molecule has 1 atom stereocenters. The molecule has 1 aromatic rings. The minimum Gasteiger partial charge on any atom is -0.480 e. The molecule has 0 heterocycles. The lowest BCUT2D eigenvalue weighted by Crippen LogP contribution is -2.41. The average Bonchev–Trinajstić information content (AvgIpc) is 2.31. The first-order valence-electron chi connectivity index (χ1n) is 6.25. The van der Waals surface area contributed by atoms with E-state index in [1.807, 2.05) is 0 Å². The maximum Gasteiger partial charge on any atom is 0.321 e. The quantitative estimate of drug-likeness (QED) is 0.835. The molecule has 0 spiro atoms. The van der Waals surface area contributed by atoms with Crippen LogP contribution >= 0.6 is 11.6 Å². The van der Waals surface area contributed by atoms with Crippen molar-refractivity contribution in [2.75, 3.05) is 0 Å². The van der Waals surface area contributed by atoms with Crippen molar-refractivity contribution in [2.45, 2.75) is 38.1 Å². The normalized spacial score (nSPS) is 13.4. The molecule has 0 fully saturated rings. The Balaban J connectivity index is 3.16. The topological polar surface area (TPSA) is 83.5 Å². The highest BCUT2D eigenvalue weighted by Crippen LogP contribution is 2.25. The van der Waals surface area contributed by atoms with Crippen LogP contribution in [0.1, 0.15) is 25.8 Å². The molecule has 1 aromatic carbocycles. The zero-order valence-electron chi connectivity index (χ0n) is 11.9. The van der Waals surface area contributed by atoms with Gasteiger partial charge in [0.2, 0.25) is 10.0 Å². The Bertz CT molecular complexity index is 646. The van der Waals surface area contributed by atoms with Crippen LogP contribution in [0.15, 0.2) is 17.0 Å². The number of rotatable bonds is 6. The van der Waals surface area contributed by atoms with E-state index < -0.39 is 27.9 Å². The third kappa shape index (κ3) is 4.66. The molecule has 0 aliphatic carbocycles. The molecule has 118 valence electrons. The van der Waals surface area contributed by atoms with Gasteiger partial charge in [-0.3, -0.25) is 4.79 Å². The Labute approximate surface area is 128 Å². The number of hydrogen-bond acceptors (Lipinski definition) is 3. The first-order chi connectivity index (χ1) is 9.54. The van der Waals surface area contributed by atoms with Crippen LogP contribution in [0.4, 0.5) is 4.39 Å². The number of carboxylic acid groups (broad SMARTS) is 1. The first-order valence-corrected chi connectivity index (χ1v) is 8.11. The summed E-state index contributed by atoms with van der Waals surface area (Å²) in [7, 11) is -4.15. The lowest BCUT2D eigenvalue weighted by atomic mass is 10.1. The first kappa shape index (κ1) is 17.9. The maximum absolute atomic E-state index is 13.3. The molecule has 0 saturated carbocycles. The molecule has 2 N–H and O–H groups in total. The van der Waals surface area contributed by atoms with Gasteiger partial charge in [0.1, 0.15) is 16.8 Å². The van der Waals surface area contributed by atoms with Crippen LogP contribution in [0.25, 0.3) is 0 Å². The van der Waals surface area contributed by atoms with Crippen LogP contribution in [0.3, 0.4) is 0 Å². The molecule has 0 aliphatic rings. The molecule has 21 heavy (non-hydrogen) atoms. The van der Waals surface area contributed by atoms with Crippen LogP contribution in [0, 0.1) is 18.7 Å². The van der Waals surface area contributed by atoms with E-state index in [9.17, 15) is 17.6 Å². The summed E-state index contributed by atoms with van der Waals surface area (Å²) >= 11 is 5.75. The molecule has 0 aliphatic heterocycles. The van der Waals surface area contributed by atoms with Crippen LogP contribution in [0.2, 0.25) is 5.02 Å². The number of benzene rings is 1. The molecule has 0 aromatic heterocycles. The number of carbonyl (C=O) groups is 1. The number of carboxylic acids is 1. The molecule has 0 unspecified atom stereocenters. The van der Waals surface area contributed by atoms with E-state index in [1.165, 1.54) is 6.92 Å². The summed E-state index contributed by atoms with van der Waals surface area (Å²) in [6.07, 6.45) is 0.131. The molecule has 0 saturated heterocycles. The standard InChI is InChI=1S/C13H17ClFNO4S/c1-7(2)4-11(13(17)18)16-21(19,20)12-5-8(3)10(15)6-9(12)14/h5-7,11,16H,4H2,1-3H3,(H,17,18)/t11-/m0/s1. The van der Waals surface area contributed by atoms with Crippen molar-refractivity contribution in [3.05, 3.63) is 28.5 Å². The van der Waals surface area contributed by atoms with E-state index in [-0.39, 0.29) is 27.8 Å². The predicted molar refractivity (Wildman–Crippen MR) is 77.3 cm³/mol. The fourth-order valence-corrected chi connectivity index (χ4v) is 3.56. The Morgan fingerprint density at radius 3 is 2.48 bits per heavy atom. The van der Waals surface area contributed by atoms with Crippen molar-refractivity contribution < 1.29 is 22.7 Å². The molecule has 8 heteroatoms. The van der Waals surface area contributed by atoms with E-state index in [2.05, 4.69) is 4.72 Å². The van der Waals surface area contributed by atoms with E-state index in [0.717, 1.165) is 12.1 Å². The number of hydrogen-bond donors (Lipinski definition) is 2. The monoisotopic (exact) mass is 337 g/mol. The van der Waals surface area contributed by atoms with Gasteiger partial charge < -0.3 is 5.11 Å². The van der Waals surface area contributed by atoms with E-state index >= 15 is 0 Å². The second-order valence-corrected chi connectivity index (χ2v) is 7.26. The zero-order chi connectivity index (χ0) is 16.4. The lowest BCUT2D eigenvalue weighted by Gasteiger charge is -2.17. The Morgan fingerprint density at radius 2 is 2.00 bits per heavy atom. The number of aliphatic carboxylic acids is 1. The SMILES string of the molecule is Cc1cc(S(=O)(=O)N[C@@H](CC(C)C)C(=O)O)c(Cl)cc1F. The van der Waals surface area contributed by atoms with Crippen LogP contribution in [-0.2, 0) is 14.8 Å². The van der Waals surface area contributed by atoms with Gasteiger partial charge in [0, 0.05) is 0 Å². The summed E-state index contributed by atoms with van der Waals surface area (Å²) in [5.41, 5.74) is 0.107. The summed E-state index contributed by atoms with van der Waals surface area (Å²) in [5.74, 6) is -1.92. The van der Waals surface area contributed by atoms with Crippen molar-refractivity contribution in [1.82, 2.24) is 4.72 Å². The number of aryl methyl sites for hydroxylation is 1. The highest BCUT2D eigenvalue weighted by Gasteiger charge is 2.28. The average molecular weight is 338 g/mol. The maximum atomic E-state index is 13.3. The van der Waals surface area contributed by atoms with E-state index in [0.29, 0.717) is 0 Å². The minimum absolute atomic E-state index is 0.0146. The summed E-state index contributed by atoms with van der Waals surface area (Å²) in [6.45, 7) is 4.95. The second-order valence-electron chi connectivity index (χ2n) is 5.17. The molecule has 0 amide bonds.